The fourth-order valence-corrected chi connectivity index (χ4v) is 3.94. The van der Waals surface area contributed by atoms with Gasteiger partial charge in [-0.15, -0.1) is 0 Å². The molecule has 3 aromatic carbocycles. The van der Waals surface area contributed by atoms with Crippen molar-refractivity contribution >= 4 is 73.2 Å². The van der Waals surface area contributed by atoms with Gasteiger partial charge in [-0.2, -0.15) is 0 Å². The molecule has 4 rings (SSSR count). The predicted octanol–water partition coefficient (Wildman–Crippen LogP) is 5.32. The Morgan fingerprint density at radius 1 is 1.02 bits per heavy atom. The summed E-state index contributed by atoms with van der Waals surface area (Å²) in [4.78, 5) is 44.7. The number of carbonyl (C=O) groups excluding carboxylic acids is 3. The largest absolute Gasteiger partial charge is 0.487 e. The first-order chi connectivity index (χ1) is 19.3. The molecule has 40 heavy (non-hydrogen) atoms. The molecule has 0 aliphatic carbocycles. The molecule has 4 aromatic rings. The number of allylic oxidation sites excluding steroid dienone is 1. The molecule has 0 fully saturated rings. The Bertz CT molecular complexity index is 1600. The normalized spacial score (nSPS) is 10.9. The van der Waals surface area contributed by atoms with Crippen LogP contribution in [0.3, 0.4) is 0 Å². The van der Waals surface area contributed by atoms with Gasteiger partial charge < -0.3 is 20.7 Å². The number of nitrogens with zero attached hydrogens (tertiary/aromatic N) is 2. The van der Waals surface area contributed by atoms with Gasteiger partial charge in [0, 0.05) is 22.1 Å². The average Bonchev–Trinajstić information content (AvgIpc) is 2.94. The molecule has 0 aliphatic heterocycles. The molecule has 0 saturated carbocycles. The van der Waals surface area contributed by atoms with Crippen LogP contribution in [-0.2, 0) is 21.0 Å². The van der Waals surface area contributed by atoms with E-state index < -0.39 is 24.1 Å². The number of amides is 2. The molecule has 204 valence electrons. The quantitative estimate of drug-likeness (QED) is 0.117. The molecule has 3 N–H and O–H groups in total. The molecule has 0 saturated heterocycles. The highest BCUT2D eigenvalue weighted by molar-refractivity contribution is 9.09. The zero-order valence-electron chi connectivity index (χ0n) is 20.8. The topological polar surface area (TPSA) is 122 Å². The molecular weight excluding hydrogens is 605 g/mol. The van der Waals surface area contributed by atoms with Gasteiger partial charge in [0.25, 0.3) is 5.91 Å². The maximum Gasteiger partial charge on any atom is 0.293 e. The lowest BCUT2D eigenvalue weighted by Crippen LogP contribution is -2.35. The number of hydrogen-bond donors (Lipinski definition) is 3. The minimum Gasteiger partial charge on any atom is -0.487 e. The lowest BCUT2D eigenvalue weighted by molar-refractivity contribution is -0.134. The third-order valence-electron chi connectivity index (χ3n) is 5.41. The van der Waals surface area contributed by atoms with Crippen LogP contribution in [0.25, 0.3) is 10.9 Å². The average molecular weight is 627 g/mol. The van der Waals surface area contributed by atoms with Crippen LogP contribution in [0.5, 0.6) is 5.75 Å². The van der Waals surface area contributed by atoms with Crippen LogP contribution in [0.1, 0.15) is 5.56 Å². The second-order valence-corrected chi connectivity index (χ2v) is 9.35. The van der Waals surface area contributed by atoms with Crippen molar-refractivity contribution in [1.29, 1.82) is 0 Å². The van der Waals surface area contributed by atoms with E-state index in [-0.39, 0.29) is 12.4 Å². The monoisotopic (exact) mass is 625 g/mol. The Morgan fingerprint density at radius 2 is 1.85 bits per heavy atom. The van der Waals surface area contributed by atoms with Crippen molar-refractivity contribution in [2.45, 2.75) is 6.61 Å². The van der Waals surface area contributed by atoms with Gasteiger partial charge in [0.2, 0.25) is 11.7 Å². The van der Waals surface area contributed by atoms with E-state index in [4.69, 9.17) is 16.3 Å². The van der Waals surface area contributed by atoms with Crippen LogP contribution in [0.15, 0.2) is 79.1 Å². The number of ether oxygens (including phenoxy) is 1. The number of alkyl halides is 1. The Hall–Kier alpha value is -4.35. The number of ketones is 1. The molecule has 12 heteroatoms. The van der Waals surface area contributed by atoms with E-state index in [1.54, 1.807) is 54.6 Å². The Morgan fingerprint density at radius 3 is 2.62 bits per heavy atom. The molecule has 0 unspecified atom stereocenters. The lowest BCUT2D eigenvalue weighted by atomic mass is 10.2. The van der Waals surface area contributed by atoms with Crippen molar-refractivity contribution in [2.75, 3.05) is 22.5 Å². The minimum atomic E-state index is -0.879. The van der Waals surface area contributed by atoms with Crippen LogP contribution in [0.4, 0.5) is 21.6 Å². The van der Waals surface area contributed by atoms with Crippen molar-refractivity contribution in [3.8, 4) is 5.75 Å². The molecule has 0 atom stereocenters. The number of hydrogen-bond acceptors (Lipinski definition) is 7. The van der Waals surface area contributed by atoms with E-state index in [1.807, 2.05) is 0 Å². The number of nitrogens with one attached hydrogen (secondary N) is 3. The number of benzene rings is 3. The first kappa shape index (κ1) is 28.7. The van der Waals surface area contributed by atoms with Gasteiger partial charge >= 0.3 is 0 Å². The highest BCUT2D eigenvalue weighted by atomic mass is 79.9. The molecule has 1 heterocycles. The number of aromatic nitrogens is 2. The van der Waals surface area contributed by atoms with E-state index in [0.717, 1.165) is 0 Å². The molecule has 1 aromatic heterocycles. The first-order valence-corrected chi connectivity index (χ1v) is 13.4. The zero-order chi connectivity index (χ0) is 28.5. The number of fused-ring (bicyclic) bond motifs is 1. The maximum absolute atomic E-state index is 13.4. The van der Waals surface area contributed by atoms with Gasteiger partial charge in [0.1, 0.15) is 30.3 Å². The summed E-state index contributed by atoms with van der Waals surface area (Å²) in [7, 11) is 0. The summed E-state index contributed by atoms with van der Waals surface area (Å²) in [6, 6.07) is 16.1. The lowest BCUT2D eigenvalue weighted by Gasteiger charge is -2.12. The summed E-state index contributed by atoms with van der Waals surface area (Å²) in [5.74, 6) is -1.66. The number of rotatable bonds is 11. The van der Waals surface area contributed by atoms with Crippen molar-refractivity contribution in [2.24, 2.45) is 0 Å². The van der Waals surface area contributed by atoms with Gasteiger partial charge in [-0.1, -0.05) is 45.7 Å². The Kier molecular flexibility index (Phi) is 9.76. The fraction of sp³-hybridized carbons (Fsp3) is 0.107. The van der Waals surface area contributed by atoms with E-state index >= 15 is 0 Å². The van der Waals surface area contributed by atoms with E-state index in [2.05, 4.69) is 41.8 Å². The molecule has 0 aliphatic rings. The second-order valence-electron chi connectivity index (χ2n) is 8.29. The fourth-order valence-electron chi connectivity index (χ4n) is 3.51. The third kappa shape index (κ3) is 7.84. The molecule has 0 bridgehead atoms. The number of anilines is 3. The summed E-state index contributed by atoms with van der Waals surface area (Å²) >= 11 is 9.56. The molecule has 0 spiro atoms. The number of Topliss-reactive ketones (excluding diaryl/α,β-unsaturated/α-hetero) is 1. The Labute approximate surface area is 241 Å². The van der Waals surface area contributed by atoms with E-state index in [0.29, 0.717) is 49.8 Å². The van der Waals surface area contributed by atoms with Crippen LogP contribution < -0.4 is 20.7 Å². The highest BCUT2D eigenvalue weighted by Crippen LogP contribution is 2.31. The molecule has 9 nitrogen and oxygen atoms in total. The first-order valence-electron chi connectivity index (χ1n) is 11.9. The number of halogens is 3. The van der Waals surface area contributed by atoms with Crippen molar-refractivity contribution < 1.29 is 23.5 Å². The van der Waals surface area contributed by atoms with Crippen molar-refractivity contribution in [1.82, 2.24) is 15.3 Å². The van der Waals surface area contributed by atoms with Gasteiger partial charge in [-0.25, -0.2) is 14.4 Å². The van der Waals surface area contributed by atoms with Gasteiger partial charge in [0.15, 0.2) is 0 Å². The zero-order valence-corrected chi connectivity index (χ0v) is 23.1. The smallest absolute Gasteiger partial charge is 0.293 e. The summed E-state index contributed by atoms with van der Waals surface area (Å²) in [6.45, 7) is -0.290. The van der Waals surface area contributed by atoms with Crippen LogP contribution in [0, 0.1) is 5.82 Å². The minimum absolute atomic E-state index is 0.151. The van der Waals surface area contributed by atoms with E-state index in [9.17, 15) is 18.8 Å². The summed E-state index contributed by atoms with van der Waals surface area (Å²) < 4.78 is 19.1. The van der Waals surface area contributed by atoms with Gasteiger partial charge in [-0.05, 0) is 60.2 Å². The summed E-state index contributed by atoms with van der Waals surface area (Å²) in [6.07, 6.45) is 4.21. The van der Waals surface area contributed by atoms with E-state index in [1.165, 1.54) is 24.5 Å². The standard InChI is InChI=1S/C28H22BrClFN5O4/c29-10-2-5-26(38)32-14-24(37)28(39)36-19-6-8-23-21(12-19)27(34-16-33-23)35-20-7-9-25(22(30)13-20)40-15-17-3-1-4-18(31)11-17/h1-9,11-13,16H,10,14-15H2,(H,32,38)(H,36,39)(H,33,34,35)/b5-2+. The predicted molar refractivity (Wildman–Crippen MR) is 155 cm³/mol. The van der Waals surface area contributed by atoms with Crippen molar-refractivity contribution in [3.05, 3.63) is 95.5 Å². The number of carbonyl (C=O) groups is 3. The summed E-state index contributed by atoms with van der Waals surface area (Å²) in [5, 5.41) is 9.45. The highest BCUT2D eigenvalue weighted by Gasteiger charge is 2.15. The Balaban J connectivity index is 1.43. The molecule has 0 radical (unpaired) electrons. The van der Waals surface area contributed by atoms with Crippen LogP contribution >= 0.6 is 27.5 Å². The third-order valence-corrected chi connectivity index (χ3v) is 6.08. The van der Waals surface area contributed by atoms with Gasteiger partial charge in [0.05, 0.1) is 17.1 Å². The molecular formula is C28H22BrClFN5O4. The van der Waals surface area contributed by atoms with Crippen LogP contribution in [0.2, 0.25) is 5.02 Å². The molecule has 2 amide bonds. The maximum atomic E-state index is 13.4. The second kappa shape index (κ2) is 13.6. The van der Waals surface area contributed by atoms with Crippen LogP contribution in [-0.4, -0.2) is 39.4 Å². The van der Waals surface area contributed by atoms with Crippen molar-refractivity contribution in [3.63, 3.8) is 0 Å². The summed E-state index contributed by atoms with van der Waals surface area (Å²) in [5.41, 5.74) is 2.21. The SMILES string of the molecule is O=C(/C=C/CBr)NCC(=O)C(=O)Nc1ccc2ncnc(Nc3ccc(OCc4cccc(F)c4)c(Cl)c3)c2c1. The van der Waals surface area contributed by atoms with Gasteiger partial charge in [-0.3, -0.25) is 14.4 Å².